The van der Waals surface area contributed by atoms with Gasteiger partial charge in [0.25, 0.3) is 5.91 Å². The van der Waals surface area contributed by atoms with Crippen LogP contribution in [0.4, 0.5) is 5.82 Å². The SMILES string of the molecule is O=C(NC1C(c2ccc(N3CCOCC3)nc2)CC(O)C1O)c1ccno1. The van der Waals surface area contributed by atoms with Crippen molar-refractivity contribution in [2.75, 3.05) is 31.2 Å². The molecule has 144 valence electrons. The van der Waals surface area contributed by atoms with Crippen molar-refractivity contribution in [1.29, 1.82) is 0 Å². The summed E-state index contributed by atoms with van der Waals surface area (Å²) in [6.45, 7) is 2.95. The number of ether oxygens (including phenoxy) is 1. The normalized spacial score (nSPS) is 28.3. The molecule has 3 N–H and O–H groups in total. The summed E-state index contributed by atoms with van der Waals surface area (Å²) >= 11 is 0. The Balaban J connectivity index is 1.50. The van der Waals surface area contributed by atoms with Gasteiger partial charge in [0.2, 0.25) is 5.76 Å². The predicted molar refractivity (Wildman–Crippen MR) is 94.4 cm³/mol. The van der Waals surface area contributed by atoms with Gasteiger partial charge in [0.15, 0.2) is 0 Å². The lowest BCUT2D eigenvalue weighted by molar-refractivity contribution is 0.0290. The maximum Gasteiger partial charge on any atom is 0.290 e. The minimum Gasteiger partial charge on any atom is -0.390 e. The van der Waals surface area contributed by atoms with Gasteiger partial charge in [-0.1, -0.05) is 11.2 Å². The van der Waals surface area contributed by atoms with Crippen LogP contribution < -0.4 is 10.2 Å². The van der Waals surface area contributed by atoms with Gasteiger partial charge < -0.3 is 29.7 Å². The first-order valence-electron chi connectivity index (χ1n) is 9.00. The molecule has 2 aliphatic rings. The number of hydrogen-bond acceptors (Lipinski definition) is 8. The monoisotopic (exact) mass is 374 g/mol. The zero-order valence-electron chi connectivity index (χ0n) is 14.7. The van der Waals surface area contributed by atoms with Crippen LogP contribution in [0.25, 0.3) is 0 Å². The molecule has 1 saturated carbocycles. The average Bonchev–Trinajstić information content (AvgIpc) is 3.34. The van der Waals surface area contributed by atoms with Crippen LogP contribution in [-0.2, 0) is 4.74 Å². The fourth-order valence-electron chi connectivity index (χ4n) is 3.70. The van der Waals surface area contributed by atoms with E-state index in [-0.39, 0.29) is 11.7 Å². The Labute approximate surface area is 155 Å². The maximum absolute atomic E-state index is 12.3. The molecule has 1 aliphatic heterocycles. The Bertz CT molecular complexity index is 761. The highest BCUT2D eigenvalue weighted by molar-refractivity contribution is 5.91. The molecule has 4 atom stereocenters. The minimum absolute atomic E-state index is 0.0585. The smallest absolute Gasteiger partial charge is 0.290 e. The van der Waals surface area contributed by atoms with Gasteiger partial charge in [0.05, 0.1) is 31.6 Å². The van der Waals surface area contributed by atoms with E-state index in [2.05, 4.69) is 20.4 Å². The van der Waals surface area contributed by atoms with Gasteiger partial charge in [0, 0.05) is 31.3 Å². The third-order valence-corrected chi connectivity index (χ3v) is 5.18. The third-order valence-electron chi connectivity index (χ3n) is 5.18. The standard InChI is InChI=1S/C18H22N4O5/c23-13-9-12(16(17(13)24)21-18(25)14-3-4-20-27-14)11-1-2-15(19-10-11)22-5-7-26-8-6-22/h1-4,10,12-13,16-17,23-24H,5-9H2,(H,21,25). The van der Waals surface area contributed by atoms with Gasteiger partial charge in [-0.15, -0.1) is 0 Å². The van der Waals surface area contributed by atoms with Gasteiger partial charge in [-0.2, -0.15) is 0 Å². The van der Waals surface area contributed by atoms with Crippen LogP contribution in [0.3, 0.4) is 0 Å². The minimum atomic E-state index is -1.07. The molecule has 3 heterocycles. The van der Waals surface area contributed by atoms with E-state index in [1.807, 2.05) is 12.1 Å². The van der Waals surface area contributed by atoms with Crippen molar-refractivity contribution < 1.29 is 24.3 Å². The molecule has 2 aromatic rings. The quantitative estimate of drug-likeness (QED) is 0.679. The van der Waals surface area contributed by atoms with Crippen LogP contribution in [0, 0.1) is 0 Å². The van der Waals surface area contributed by atoms with E-state index >= 15 is 0 Å². The highest BCUT2D eigenvalue weighted by Gasteiger charge is 2.43. The Kier molecular flexibility index (Phi) is 5.06. The maximum atomic E-state index is 12.3. The second-order valence-electron chi connectivity index (χ2n) is 6.83. The van der Waals surface area contributed by atoms with Crippen LogP contribution in [0.5, 0.6) is 0 Å². The number of rotatable bonds is 4. The Morgan fingerprint density at radius 1 is 1.22 bits per heavy atom. The van der Waals surface area contributed by atoms with Crippen LogP contribution in [0.15, 0.2) is 35.1 Å². The van der Waals surface area contributed by atoms with Crippen molar-refractivity contribution >= 4 is 11.7 Å². The molecule has 1 saturated heterocycles. The molecule has 4 unspecified atom stereocenters. The highest BCUT2D eigenvalue weighted by Crippen LogP contribution is 2.35. The molecule has 1 aliphatic carbocycles. The molecule has 2 fully saturated rings. The van der Waals surface area contributed by atoms with Crippen molar-refractivity contribution in [3.05, 3.63) is 41.9 Å². The van der Waals surface area contributed by atoms with Crippen molar-refractivity contribution in [2.24, 2.45) is 0 Å². The summed E-state index contributed by atoms with van der Waals surface area (Å²) < 4.78 is 10.2. The molecule has 0 radical (unpaired) electrons. The van der Waals surface area contributed by atoms with Crippen molar-refractivity contribution in [1.82, 2.24) is 15.5 Å². The van der Waals surface area contributed by atoms with Gasteiger partial charge in [0.1, 0.15) is 11.9 Å². The summed E-state index contributed by atoms with van der Waals surface area (Å²) in [6.07, 6.45) is 1.46. The molecule has 1 amide bonds. The Morgan fingerprint density at radius 3 is 2.70 bits per heavy atom. The van der Waals surface area contributed by atoms with Crippen LogP contribution in [-0.4, -0.2) is 70.8 Å². The average molecular weight is 374 g/mol. The second kappa shape index (κ2) is 7.63. The lowest BCUT2D eigenvalue weighted by Gasteiger charge is -2.28. The van der Waals surface area contributed by atoms with Crippen LogP contribution in [0.2, 0.25) is 0 Å². The van der Waals surface area contributed by atoms with E-state index in [1.54, 1.807) is 6.20 Å². The molecule has 0 bridgehead atoms. The van der Waals surface area contributed by atoms with E-state index in [9.17, 15) is 15.0 Å². The van der Waals surface area contributed by atoms with Crippen LogP contribution >= 0.6 is 0 Å². The number of morpholine rings is 1. The summed E-state index contributed by atoms with van der Waals surface area (Å²) in [5.41, 5.74) is 0.852. The van der Waals surface area contributed by atoms with Gasteiger partial charge >= 0.3 is 0 Å². The Morgan fingerprint density at radius 2 is 2.04 bits per heavy atom. The van der Waals surface area contributed by atoms with E-state index in [1.165, 1.54) is 12.3 Å². The number of nitrogens with zero attached hydrogens (tertiary/aromatic N) is 3. The number of anilines is 1. The zero-order valence-corrected chi connectivity index (χ0v) is 14.7. The Hall–Kier alpha value is -2.49. The molecule has 9 heteroatoms. The first-order chi connectivity index (χ1) is 13.1. The first-order valence-corrected chi connectivity index (χ1v) is 9.00. The summed E-state index contributed by atoms with van der Waals surface area (Å²) in [6, 6.07) is 4.66. The van der Waals surface area contributed by atoms with Gasteiger partial charge in [-0.25, -0.2) is 4.98 Å². The summed E-state index contributed by atoms with van der Waals surface area (Å²) in [5, 5.41) is 26.7. The molecule has 9 nitrogen and oxygen atoms in total. The summed E-state index contributed by atoms with van der Waals surface area (Å²) in [7, 11) is 0. The van der Waals surface area contributed by atoms with Crippen molar-refractivity contribution in [3.63, 3.8) is 0 Å². The predicted octanol–water partition coefficient (Wildman–Crippen LogP) is -0.0861. The molecular weight excluding hydrogens is 352 g/mol. The second-order valence-corrected chi connectivity index (χ2v) is 6.83. The fourth-order valence-corrected chi connectivity index (χ4v) is 3.70. The number of pyridine rings is 1. The number of nitrogens with one attached hydrogen (secondary N) is 1. The molecule has 0 aromatic carbocycles. The molecule has 0 spiro atoms. The zero-order chi connectivity index (χ0) is 18.8. The van der Waals surface area contributed by atoms with Crippen molar-refractivity contribution in [2.45, 2.75) is 30.6 Å². The van der Waals surface area contributed by atoms with Gasteiger partial charge in [-0.3, -0.25) is 4.79 Å². The number of amides is 1. The number of aromatic nitrogens is 2. The number of carbonyl (C=O) groups is 1. The highest BCUT2D eigenvalue weighted by atomic mass is 16.5. The van der Waals surface area contributed by atoms with E-state index in [4.69, 9.17) is 9.26 Å². The first kappa shape index (κ1) is 17.9. The molecule has 27 heavy (non-hydrogen) atoms. The summed E-state index contributed by atoms with van der Waals surface area (Å²) in [5.74, 6) is 0.188. The number of aliphatic hydroxyl groups excluding tert-OH is 2. The molecule has 4 rings (SSSR count). The van der Waals surface area contributed by atoms with Gasteiger partial charge in [-0.05, 0) is 18.1 Å². The van der Waals surface area contributed by atoms with E-state index in [0.29, 0.717) is 19.6 Å². The lowest BCUT2D eigenvalue weighted by Crippen LogP contribution is -2.45. The number of aliphatic hydroxyl groups is 2. The number of carbonyl (C=O) groups excluding carboxylic acids is 1. The summed E-state index contributed by atoms with van der Waals surface area (Å²) in [4.78, 5) is 19.0. The largest absolute Gasteiger partial charge is 0.390 e. The van der Waals surface area contributed by atoms with E-state index < -0.39 is 24.2 Å². The molecule has 2 aromatic heterocycles. The van der Waals surface area contributed by atoms with Crippen molar-refractivity contribution in [3.8, 4) is 0 Å². The fraction of sp³-hybridized carbons (Fsp3) is 0.500. The molecular formula is C18H22N4O5. The third kappa shape index (κ3) is 3.66. The lowest BCUT2D eigenvalue weighted by atomic mass is 9.94. The topological polar surface area (TPSA) is 121 Å². The van der Waals surface area contributed by atoms with E-state index in [0.717, 1.165) is 24.5 Å². The van der Waals surface area contributed by atoms with Crippen LogP contribution in [0.1, 0.15) is 28.5 Å². The number of hydrogen-bond donors (Lipinski definition) is 3.